The van der Waals surface area contributed by atoms with Gasteiger partial charge >= 0.3 is 0 Å². The summed E-state index contributed by atoms with van der Waals surface area (Å²) in [6, 6.07) is 8.26. The fourth-order valence-electron chi connectivity index (χ4n) is 5.76. The van der Waals surface area contributed by atoms with E-state index in [0.29, 0.717) is 21.8 Å². The standard InChI is InChI=1S/C26H32Cl2N6/c1-16-8-21(9-16)33-7-3-4-18(13-33)19-14-34(15-19)25-12-30-24(11-29)26(32-25)31-17(2)22-6-5-20(27)10-23(22)28/h5-6,10,12,16-19,21H,3-4,7-9,13-15H2,1-2H3,(H,31,32)/t16?,17-,18+,21?/m1/s1. The summed E-state index contributed by atoms with van der Waals surface area (Å²) in [6.07, 6.45) is 7.13. The molecule has 180 valence electrons. The number of nitrogens with zero attached hydrogens (tertiary/aromatic N) is 5. The largest absolute Gasteiger partial charge is 0.361 e. The van der Waals surface area contributed by atoms with Gasteiger partial charge in [-0.25, -0.2) is 9.97 Å². The van der Waals surface area contributed by atoms with Crippen LogP contribution in [0.15, 0.2) is 24.4 Å². The molecule has 1 saturated carbocycles. The molecule has 3 fully saturated rings. The van der Waals surface area contributed by atoms with Crippen LogP contribution >= 0.6 is 23.2 Å². The first-order valence-corrected chi connectivity index (χ1v) is 13.1. The van der Waals surface area contributed by atoms with Crippen molar-refractivity contribution in [3.05, 3.63) is 45.7 Å². The maximum atomic E-state index is 9.56. The Kier molecular flexibility index (Phi) is 6.88. The molecule has 1 aromatic carbocycles. The number of hydrogen-bond donors (Lipinski definition) is 1. The Morgan fingerprint density at radius 2 is 1.97 bits per heavy atom. The molecule has 3 aliphatic rings. The van der Waals surface area contributed by atoms with E-state index in [1.165, 1.54) is 38.8 Å². The van der Waals surface area contributed by atoms with Crippen LogP contribution in [0.5, 0.6) is 0 Å². The predicted molar refractivity (Wildman–Crippen MR) is 137 cm³/mol. The van der Waals surface area contributed by atoms with Gasteiger partial charge in [0.05, 0.1) is 12.2 Å². The Bertz CT molecular complexity index is 1070. The number of nitrogens with one attached hydrogen (secondary N) is 1. The number of piperidine rings is 1. The Morgan fingerprint density at radius 1 is 1.18 bits per heavy atom. The SMILES string of the molecule is CC1CC(N2CCC[C@H](C3CN(c4cnc(C#N)c(N[C@H](C)c5ccc(Cl)cc5Cl)n4)C3)C2)C1. The number of rotatable bonds is 6. The van der Waals surface area contributed by atoms with Crippen molar-refractivity contribution in [3.8, 4) is 6.07 Å². The number of aromatic nitrogens is 2. The minimum absolute atomic E-state index is 0.145. The highest BCUT2D eigenvalue weighted by Crippen LogP contribution is 2.38. The monoisotopic (exact) mass is 498 g/mol. The van der Waals surface area contributed by atoms with Crippen LogP contribution in [0, 0.1) is 29.1 Å². The summed E-state index contributed by atoms with van der Waals surface area (Å²) in [5.41, 5.74) is 1.18. The maximum absolute atomic E-state index is 9.56. The summed E-state index contributed by atoms with van der Waals surface area (Å²) in [5.74, 6) is 3.70. The van der Waals surface area contributed by atoms with Crippen molar-refractivity contribution < 1.29 is 0 Å². The van der Waals surface area contributed by atoms with Gasteiger partial charge in [0.15, 0.2) is 11.5 Å². The molecular formula is C26H32Cl2N6. The number of anilines is 2. The molecule has 0 bridgehead atoms. The molecule has 34 heavy (non-hydrogen) atoms. The molecule has 2 aliphatic heterocycles. The Balaban J connectivity index is 1.22. The summed E-state index contributed by atoms with van der Waals surface area (Å²) in [7, 11) is 0. The summed E-state index contributed by atoms with van der Waals surface area (Å²) < 4.78 is 0. The van der Waals surface area contributed by atoms with Gasteiger partial charge in [0, 0.05) is 35.7 Å². The molecule has 1 N–H and O–H groups in total. The van der Waals surface area contributed by atoms with Crippen molar-refractivity contribution >= 4 is 34.8 Å². The molecule has 5 rings (SSSR count). The van der Waals surface area contributed by atoms with E-state index in [1.807, 2.05) is 19.1 Å². The lowest BCUT2D eigenvalue weighted by molar-refractivity contribution is 0.0295. The number of benzene rings is 1. The van der Waals surface area contributed by atoms with Crippen LogP contribution in [-0.4, -0.2) is 47.1 Å². The second kappa shape index (κ2) is 9.89. The number of halogens is 2. The lowest BCUT2D eigenvalue weighted by Crippen LogP contribution is -2.56. The van der Waals surface area contributed by atoms with Crippen LogP contribution in [0.2, 0.25) is 10.0 Å². The van der Waals surface area contributed by atoms with Crippen molar-refractivity contribution in [1.82, 2.24) is 14.9 Å². The second-order valence-electron chi connectivity index (χ2n) is 10.4. The zero-order valence-corrected chi connectivity index (χ0v) is 21.4. The second-order valence-corrected chi connectivity index (χ2v) is 11.2. The van der Waals surface area contributed by atoms with Gasteiger partial charge in [0.2, 0.25) is 0 Å². The Hall–Kier alpha value is -2.07. The van der Waals surface area contributed by atoms with Gasteiger partial charge in [-0.15, -0.1) is 0 Å². The van der Waals surface area contributed by atoms with Crippen molar-refractivity contribution in [3.63, 3.8) is 0 Å². The number of hydrogen-bond acceptors (Lipinski definition) is 6. The lowest BCUT2D eigenvalue weighted by atomic mass is 9.76. The van der Waals surface area contributed by atoms with E-state index >= 15 is 0 Å². The number of nitriles is 1. The van der Waals surface area contributed by atoms with Gasteiger partial charge in [0.25, 0.3) is 0 Å². The molecule has 8 heteroatoms. The van der Waals surface area contributed by atoms with Crippen LogP contribution in [0.25, 0.3) is 0 Å². The molecule has 0 spiro atoms. The highest BCUT2D eigenvalue weighted by atomic mass is 35.5. The van der Waals surface area contributed by atoms with Gasteiger partial charge < -0.3 is 15.1 Å². The molecule has 2 atom stereocenters. The molecule has 2 saturated heterocycles. The average molecular weight is 499 g/mol. The van der Waals surface area contributed by atoms with Gasteiger partial charge in [-0.1, -0.05) is 36.2 Å². The van der Waals surface area contributed by atoms with Crippen molar-refractivity contribution in [2.45, 2.75) is 51.6 Å². The summed E-state index contributed by atoms with van der Waals surface area (Å²) >= 11 is 12.4. The zero-order valence-electron chi connectivity index (χ0n) is 19.8. The quantitative estimate of drug-likeness (QED) is 0.544. The van der Waals surface area contributed by atoms with Gasteiger partial charge in [-0.05, 0) is 74.6 Å². The first-order chi connectivity index (χ1) is 16.4. The minimum atomic E-state index is -0.145. The molecule has 2 aromatic rings. The molecule has 0 radical (unpaired) electrons. The third kappa shape index (κ3) is 4.84. The van der Waals surface area contributed by atoms with E-state index in [4.69, 9.17) is 28.2 Å². The van der Waals surface area contributed by atoms with Crippen molar-refractivity contribution in [2.24, 2.45) is 17.8 Å². The minimum Gasteiger partial charge on any atom is -0.361 e. The van der Waals surface area contributed by atoms with Crippen molar-refractivity contribution in [2.75, 3.05) is 36.4 Å². The normalized spacial score (nSPS) is 26.3. The molecular weight excluding hydrogens is 467 g/mol. The van der Waals surface area contributed by atoms with E-state index in [0.717, 1.165) is 42.3 Å². The van der Waals surface area contributed by atoms with E-state index in [-0.39, 0.29) is 11.7 Å². The Morgan fingerprint density at radius 3 is 2.68 bits per heavy atom. The summed E-state index contributed by atoms with van der Waals surface area (Å²) in [4.78, 5) is 14.2. The van der Waals surface area contributed by atoms with Gasteiger partial charge in [-0.2, -0.15) is 5.26 Å². The first-order valence-electron chi connectivity index (χ1n) is 12.4. The van der Waals surface area contributed by atoms with E-state index < -0.39 is 0 Å². The van der Waals surface area contributed by atoms with Gasteiger partial charge in [-0.3, -0.25) is 0 Å². The van der Waals surface area contributed by atoms with Crippen LogP contribution in [0.3, 0.4) is 0 Å². The topological polar surface area (TPSA) is 68.1 Å². The van der Waals surface area contributed by atoms with Crippen LogP contribution in [0.4, 0.5) is 11.6 Å². The Labute approximate surface area is 212 Å². The van der Waals surface area contributed by atoms with E-state index in [1.54, 1.807) is 12.3 Å². The highest BCUT2D eigenvalue weighted by Gasteiger charge is 2.39. The van der Waals surface area contributed by atoms with E-state index in [2.05, 4.69) is 33.1 Å². The smallest absolute Gasteiger partial charge is 0.183 e. The molecule has 1 aromatic heterocycles. The third-order valence-electron chi connectivity index (χ3n) is 7.90. The molecule has 0 unspecified atom stereocenters. The van der Waals surface area contributed by atoms with Crippen LogP contribution < -0.4 is 10.2 Å². The zero-order chi connectivity index (χ0) is 23.8. The average Bonchev–Trinajstić information content (AvgIpc) is 2.76. The lowest BCUT2D eigenvalue weighted by Gasteiger charge is -2.50. The molecule has 1 aliphatic carbocycles. The fourth-order valence-corrected chi connectivity index (χ4v) is 6.33. The molecule has 0 amide bonds. The summed E-state index contributed by atoms with van der Waals surface area (Å²) in [6.45, 7) is 8.91. The first kappa shape index (κ1) is 23.7. The van der Waals surface area contributed by atoms with Gasteiger partial charge in [0.1, 0.15) is 11.9 Å². The summed E-state index contributed by atoms with van der Waals surface area (Å²) in [5, 5.41) is 14.1. The fraction of sp³-hybridized carbons (Fsp3) is 0.577. The number of likely N-dealkylation sites (tertiary alicyclic amines) is 1. The van der Waals surface area contributed by atoms with Crippen molar-refractivity contribution in [1.29, 1.82) is 5.26 Å². The van der Waals surface area contributed by atoms with E-state index in [9.17, 15) is 5.26 Å². The third-order valence-corrected chi connectivity index (χ3v) is 8.47. The van der Waals surface area contributed by atoms with Crippen LogP contribution in [-0.2, 0) is 0 Å². The highest BCUT2D eigenvalue weighted by molar-refractivity contribution is 6.35. The van der Waals surface area contributed by atoms with Crippen LogP contribution in [0.1, 0.15) is 56.8 Å². The molecule has 3 heterocycles. The molecule has 6 nitrogen and oxygen atoms in total. The predicted octanol–water partition coefficient (Wildman–Crippen LogP) is 5.77. The maximum Gasteiger partial charge on any atom is 0.183 e.